The predicted molar refractivity (Wildman–Crippen MR) is 77.9 cm³/mol. The van der Waals surface area contributed by atoms with Crippen molar-refractivity contribution in [3.8, 4) is 0 Å². The van der Waals surface area contributed by atoms with Gasteiger partial charge in [0.2, 0.25) is 0 Å². The second-order valence-corrected chi connectivity index (χ2v) is 6.01. The topological polar surface area (TPSA) is 37.3 Å². The summed E-state index contributed by atoms with van der Waals surface area (Å²) in [5.41, 5.74) is 1.43. The molecular weight excluding hydrogens is 236 g/mol. The van der Waals surface area contributed by atoms with E-state index in [1.807, 2.05) is 0 Å². The Morgan fingerprint density at radius 2 is 2.26 bits per heavy atom. The molecule has 2 heteroatoms. The molecule has 0 amide bonds. The van der Waals surface area contributed by atoms with Gasteiger partial charge in [-0.2, -0.15) is 0 Å². The van der Waals surface area contributed by atoms with Crippen molar-refractivity contribution < 1.29 is 9.90 Å². The van der Waals surface area contributed by atoms with Crippen LogP contribution in [0, 0.1) is 17.8 Å². The maximum absolute atomic E-state index is 11.6. The molecule has 0 aromatic heterocycles. The zero-order valence-electron chi connectivity index (χ0n) is 12.0. The lowest BCUT2D eigenvalue weighted by molar-refractivity contribution is -0.143. The van der Waals surface area contributed by atoms with E-state index in [9.17, 15) is 9.90 Å². The fourth-order valence-electron chi connectivity index (χ4n) is 3.70. The summed E-state index contributed by atoms with van der Waals surface area (Å²) >= 11 is 0. The molecule has 1 fully saturated rings. The molecule has 0 aliphatic heterocycles. The fraction of sp³-hybridized carbons (Fsp3) is 0.706. The van der Waals surface area contributed by atoms with Gasteiger partial charge in [0.1, 0.15) is 0 Å². The van der Waals surface area contributed by atoms with Crippen molar-refractivity contribution >= 4 is 5.97 Å². The SMILES string of the molecule is CCCCCC(C(=O)O)C1CCCC2CC=CC=C21. The number of carboxylic acids is 1. The number of carboxylic acid groups (broad SMARTS) is 1. The third-order valence-electron chi connectivity index (χ3n) is 4.73. The van der Waals surface area contributed by atoms with Gasteiger partial charge in [0.05, 0.1) is 5.92 Å². The van der Waals surface area contributed by atoms with Gasteiger partial charge in [0.15, 0.2) is 0 Å². The van der Waals surface area contributed by atoms with Crippen LogP contribution in [0.1, 0.15) is 58.3 Å². The molecule has 2 aliphatic rings. The quantitative estimate of drug-likeness (QED) is 0.712. The first-order valence-corrected chi connectivity index (χ1v) is 7.83. The molecule has 0 heterocycles. The average Bonchev–Trinajstić information content (AvgIpc) is 2.43. The number of rotatable bonds is 6. The maximum atomic E-state index is 11.6. The van der Waals surface area contributed by atoms with E-state index in [0.29, 0.717) is 5.92 Å². The number of carbonyl (C=O) groups is 1. The summed E-state index contributed by atoms with van der Waals surface area (Å²) in [4.78, 5) is 11.6. The Balaban J connectivity index is 2.08. The average molecular weight is 262 g/mol. The summed E-state index contributed by atoms with van der Waals surface area (Å²) in [6.45, 7) is 2.17. The van der Waals surface area contributed by atoms with E-state index in [-0.39, 0.29) is 11.8 Å². The van der Waals surface area contributed by atoms with E-state index < -0.39 is 5.97 Å². The van der Waals surface area contributed by atoms with E-state index in [1.165, 1.54) is 18.4 Å². The normalized spacial score (nSPS) is 27.5. The standard InChI is InChI=1S/C17H26O2/c1-2-3-4-11-16(17(18)19)15-12-7-9-13-8-5-6-10-14(13)15/h5-6,10,13,15-16H,2-4,7-9,11-12H2,1H3,(H,18,19). The number of allylic oxidation sites excluding steroid dienone is 4. The minimum Gasteiger partial charge on any atom is -0.481 e. The molecule has 2 nitrogen and oxygen atoms in total. The molecule has 0 spiro atoms. The summed E-state index contributed by atoms with van der Waals surface area (Å²) < 4.78 is 0. The number of hydrogen-bond acceptors (Lipinski definition) is 1. The van der Waals surface area contributed by atoms with E-state index in [2.05, 4.69) is 25.2 Å². The van der Waals surface area contributed by atoms with Crippen LogP contribution in [0.2, 0.25) is 0 Å². The smallest absolute Gasteiger partial charge is 0.307 e. The molecule has 0 bridgehead atoms. The lowest BCUT2D eigenvalue weighted by Gasteiger charge is -2.37. The zero-order valence-corrected chi connectivity index (χ0v) is 12.0. The molecule has 1 N–H and O–H groups in total. The monoisotopic (exact) mass is 262 g/mol. The second kappa shape index (κ2) is 6.93. The van der Waals surface area contributed by atoms with E-state index in [0.717, 1.165) is 38.5 Å². The van der Waals surface area contributed by atoms with Gasteiger partial charge in [0.25, 0.3) is 0 Å². The molecular formula is C17H26O2. The Hall–Kier alpha value is -1.05. The molecule has 0 aromatic rings. The van der Waals surface area contributed by atoms with Crippen LogP contribution < -0.4 is 0 Å². The van der Waals surface area contributed by atoms with Crippen molar-refractivity contribution in [1.29, 1.82) is 0 Å². The minimum atomic E-state index is -0.586. The molecule has 19 heavy (non-hydrogen) atoms. The van der Waals surface area contributed by atoms with Crippen molar-refractivity contribution in [1.82, 2.24) is 0 Å². The Kier molecular flexibility index (Phi) is 5.24. The van der Waals surface area contributed by atoms with Crippen LogP contribution in [0.25, 0.3) is 0 Å². The summed E-state index contributed by atoms with van der Waals surface area (Å²) in [6, 6.07) is 0. The third-order valence-corrected chi connectivity index (χ3v) is 4.73. The van der Waals surface area contributed by atoms with Crippen molar-refractivity contribution in [3.05, 3.63) is 23.8 Å². The van der Waals surface area contributed by atoms with Gasteiger partial charge in [-0.1, -0.05) is 56.4 Å². The highest BCUT2D eigenvalue weighted by Gasteiger charge is 2.36. The van der Waals surface area contributed by atoms with Gasteiger partial charge >= 0.3 is 5.97 Å². The van der Waals surface area contributed by atoms with Crippen molar-refractivity contribution in [3.63, 3.8) is 0 Å². The Morgan fingerprint density at radius 1 is 1.42 bits per heavy atom. The number of hydrogen-bond donors (Lipinski definition) is 1. The third kappa shape index (κ3) is 3.49. The molecule has 2 aliphatic carbocycles. The first-order valence-electron chi connectivity index (χ1n) is 7.83. The maximum Gasteiger partial charge on any atom is 0.307 e. The molecule has 1 saturated carbocycles. The second-order valence-electron chi connectivity index (χ2n) is 6.01. The number of unbranched alkanes of at least 4 members (excludes halogenated alkanes) is 2. The van der Waals surface area contributed by atoms with Crippen LogP contribution in [-0.4, -0.2) is 11.1 Å². The lowest BCUT2D eigenvalue weighted by Crippen LogP contribution is -2.31. The minimum absolute atomic E-state index is 0.160. The van der Waals surface area contributed by atoms with Gasteiger partial charge in [-0.15, -0.1) is 0 Å². The summed E-state index contributed by atoms with van der Waals surface area (Å²) in [7, 11) is 0. The largest absolute Gasteiger partial charge is 0.481 e. The summed E-state index contributed by atoms with van der Waals surface area (Å²) in [5, 5.41) is 9.57. The van der Waals surface area contributed by atoms with Crippen LogP contribution in [0.4, 0.5) is 0 Å². The molecule has 0 saturated heterocycles. The van der Waals surface area contributed by atoms with Crippen LogP contribution in [0.3, 0.4) is 0 Å². The summed E-state index contributed by atoms with van der Waals surface area (Å²) in [5.74, 6) is 0.166. The molecule has 3 atom stereocenters. The van der Waals surface area contributed by atoms with Crippen LogP contribution >= 0.6 is 0 Å². The van der Waals surface area contributed by atoms with Crippen molar-refractivity contribution in [2.24, 2.45) is 17.8 Å². The Labute approximate surface area is 116 Å². The van der Waals surface area contributed by atoms with E-state index in [4.69, 9.17) is 0 Å². The highest BCUT2D eigenvalue weighted by molar-refractivity contribution is 5.71. The molecule has 3 unspecified atom stereocenters. The lowest BCUT2D eigenvalue weighted by atomic mass is 9.68. The van der Waals surface area contributed by atoms with Crippen LogP contribution in [0.5, 0.6) is 0 Å². The van der Waals surface area contributed by atoms with Crippen LogP contribution in [0.15, 0.2) is 23.8 Å². The van der Waals surface area contributed by atoms with Crippen molar-refractivity contribution in [2.75, 3.05) is 0 Å². The zero-order chi connectivity index (χ0) is 13.7. The number of aliphatic carboxylic acids is 1. The van der Waals surface area contributed by atoms with E-state index in [1.54, 1.807) is 0 Å². The van der Waals surface area contributed by atoms with Gasteiger partial charge in [0, 0.05) is 0 Å². The van der Waals surface area contributed by atoms with Gasteiger partial charge in [-0.05, 0) is 37.5 Å². The van der Waals surface area contributed by atoms with Crippen molar-refractivity contribution in [2.45, 2.75) is 58.3 Å². The van der Waals surface area contributed by atoms with Gasteiger partial charge in [-0.3, -0.25) is 4.79 Å². The first kappa shape index (κ1) is 14.4. The highest BCUT2D eigenvalue weighted by Crippen LogP contribution is 2.43. The van der Waals surface area contributed by atoms with Gasteiger partial charge in [-0.25, -0.2) is 0 Å². The Bertz CT molecular complexity index is 367. The first-order chi connectivity index (χ1) is 9.24. The van der Waals surface area contributed by atoms with E-state index >= 15 is 0 Å². The molecule has 0 aromatic carbocycles. The molecule has 106 valence electrons. The van der Waals surface area contributed by atoms with Crippen LogP contribution in [-0.2, 0) is 4.79 Å². The molecule has 0 radical (unpaired) electrons. The van der Waals surface area contributed by atoms with Gasteiger partial charge < -0.3 is 5.11 Å². The summed E-state index contributed by atoms with van der Waals surface area (Å²) in [6.07, 6.45) is 15.4. The molecule has 2 rings (SSSR count). The fourth-order valence-corrected chi connectivity index (χ4v) is 3.70. The highest BCUT2D eigenvalue weighted by atomic mass is 16.4. The number of fused-ring (bicyclic) bond motifs is 1. The Morgan fingerprint density at radius 3 is 3.00 bits per heavy atom. The predicted octanol–water partition coefficient (Wildman–Crippen LogP) is 4.57.